The molecule has 1 rings (SSSR count). The van der Waals surface area contributed by atoms with Crippen LogP contribution >= 0.6 is 0 Å². The van der Waals surface area contributed by atoms with E-state index in [1.807, 2.05) is 11.8 Å². The lowest BCUT2D eigenvalue weighted by Crippen LogP contribution is -2.27. The Bertz CT molecular complexity index is 317. The summed E-state index contributed by atoms with van der Waals surface area (Å²) in [6.45, 7) is 5.24. The summed E-state index contributed by atoms with van der Waals surface area (Å²) in [4.78, 5) is 10.3. The molecule has 0 atom stereocenters. The molecule has 6 nitrogen and oxygen atoms in total. The van der Waals surface area contributed by atoms with Crippen molar-refractivity contribution in [1.82, 2.24) is 9.97 Å². The number of nitrogens with two attached hydrogens (primary N) is 1. The molecule has 0 saturated carbocycles. The Labute approximate surface area is 89.1 Å². The largest absolute Gasteiger partial charge is 0.395 e. The van der Waals surface area contributed by atoms with E-state index >= 15 is 0 Å². The van der Waals surface area contributed by atoms with Crippen molar-refractivity contribution < 1.29 is 5.11 Å². The highest BCUT2D eigenvalue weighted by Crippen LogP contribution is 2.14. The second-order valence-corrected chi connectivity index (χ2v) is 3.11. The van der Waals surface area contributed by atoms with Crippen molar-refractivity contribution in [1.29, 1.82) is 0 Å². The van der Waals surface area contributed by atoms with Gasteiger partial charge in [0.25, 0.3) is 0 Å². The molecule has 0 aliphatic heterocycles. The molecule has 0 aliphatic carbocycles. The zero-order valence-electron chi connectivity index (χ0n) is 9.06. The molecule has 0 saturated heterocycles. The van der Waals surface area contributed by atoms with Gasteiger partial charge in [-0.3, -0.25) is 0 Å². The van der Waals surface area contributed by atoms with Crippen LogP contribution in [-0.2, 0) is 0 Å². The van der Waals surface area contributed by atoms with Crippen LogP contribution in [0, 0.1) is 6.92 Å². The maximum absolute atomic E-state index is 8.90. The molecule has 0 aromatic carbocycles. The van der Waals surface area contributed by atoms with Gasteiger partial charge in [-0.25, -0.2) is 15.8 Å². The first-order valence-electron chi connectivity index (χ1n) is 4.89. The van der Waals surface area contributed by atoms with Crippen molar-refractivity contribution in [2.45, 2.75) is 13.8 Å². The molecule has 15 heavy (non-hydrogen) atoms. The number of aryl methyl sites for hydroxylation is 1. The Kier molecular flexibility index (Phi) is 4.26. The summed E-state index contributed by atoms with van der Waals surface area (Å²) < 4.78 is 0. The summed E-state index contributed by atoms with van der Waals surface area (Å²) in [6.07, 6.45) is 0. The third-order valence-corrected chi connectivity index (χ3v) is 2.05. The van der Waals surface area contributed by atoms with Crippen LogP contribution in [-0.4, -0.2) is 34.8 Å². The Morgan fingerprint density at radius 2 is 2.27 bits per heavy atom. The lowest BCUT2D eigenvalue weighted by atomic mass is 10.4. The molecule has 0 spiro atoms. The first-order valence-corrected chi connectivity index (χ1v) is 4.89. The third-order valence-electron chi connectivity index (χ3n) is 2.05. The van der Waals surface area contributed by atoms with Crippen LogP contribution in [0.3, 0.4) is 0 Å². The average molecular weight is 211 g/mol. The van der Waals surface area contributed by atoms with Gasteiger partial charge in [0.1, 0.15) is 17.5 Å². The Morgan fingerprint density at radius 3 is 2.80 bits per heavy atom. The van der Waals surface area contributed by atoms with E-state index in [1.54, 1.807) is 13.0 Å². The van der Waals surface area contributed by atoms with Gasteiger partial charge in [-0.15, -0.1) is 0 Å². The first-order chi connectivity index (χ1) is 7.21. The quantitative estimate of drug-likeness (QED) is 0.465. The van der Waals surface area contributed by atoms with E-state index in [9.17, 15) is 0 Å². The van der Waals surface area contributed by atoms with Gasteiger partial charge in [0.2, 0.25) is 0 Å². The standard InChI is InChI=1S/C9H17N5O/c1-3-14(4-5-15)9-6-8(13-10)11-7(2)12-9/h6,15H,3-5,10H2,1-2H3,(H,11,12,13). The fourth-order valence-electron chi connectivity index (χ4n) is 1.34. The highest BCUT2D eigenvalue weighted by molar-refractivity contribution is 5.48. The van der Waals surface area contributed by atoms with Crippen molar-refractivity contribution in [2.75, 3.05) is 30.0 Å². The molecule has 4 N–H and O–H groups in total. The van der Waals surface area contributed by atoms with E-state index in [-0.39, 0.29) is 6.61 Å². The predicted molar refractivity (Wildman–Crippen MR) is 59.6 cm³/mol. The van der Waals surface area contributed by atoms with E-state index in [4.69, 9.17) is 10.9 Å². The zero-order valence-corrected chi connectivity index (χ0v) is 9.06. The monoisotopic (exact) mass is 211 g/mol. The first kappa shape index (κ1) is 11.7. The van der Waals surface area contributed by atoms with E-state index in [0.717, 1.165) is 12.4 Å². The number of nitrogen functional groups attached to an aromatic ring is 1. The summed E-state index contributed by atoms with van der Waals surface area (Å²) in [5.74, 6) is 7.29. The smallest absolute Gasteiger partial charge is 0.145 e. The number of aromatic nitrogens is 2. The number of rotatable bonds is 5. The second kappa shape index (κ2) is 5.47. The van der Waals surface area contributed by atoms with Gasteiger partial charge in [-0.05, 0) is 13.8 Å². The minimum atomic E-state index is 0.0995. The Morgan fingerprint density at radius 1 is 1.53 bits per heavy atom. The predicted octanol–water partition coefficient (Wildman–Crippen LogP) is -0.111. The van der Waals surface area contributed by atoms with E-state index < -0.39 is 0 Å². The Hall–Kier alpha value is -1.40. The molecule has 6 heteroatoms. The van der Waals surface area contributed by atoms with Gasteiger partial charge in [0.05, 0.1) is 6.61 Å². The summed E-state index contributed by atoms with van der Waals surface area (Å²) >= 11 is 0. The number of anilines is 2. The van der Waals surface area contributed by atoms with Gasteiger partial charge in [-0.1, -0.05) is 0 Å². The summed E-state index contributed by atoms with van der Waals surface area (Å²) in [7, 11) is 0. The van der Waals surface area contributed by atoms with Gasteiger partial charge in [-0.2, -0.15) is 0 Å². The normalized spacial score (nSPS) is 10.1. The third kappa shape index (κ3) is 3.03. The van der Waals surface area contributed by atoms with Gasteiger partial charge in [0.15, 0.2) is 0 Å². The number of nitrogens with one attached hydrogen (secondary N) is 1. The van der Waals surface area contributed by atoms with Crippen LogP contribution in [0.5, 0.6) is 0 Å². The van der Waals surface area contributed by atoms with Crippen molar-refractivity contribution in [3.63, 3.8) is 0 Å². The van der Waals surface area contributed by atoms with Crippen LogP contribution in [0.4, 0.5) is 11.6 Å². The molecule has 84 valence electrons. The fraction of sp³-hybridized carbons (Fsp3) is 0.556. The summed E-state index contributed by atoms with van der Waals surface area (Å²) in [5.41, 5.74) is 2.49. The second-order valence-electron chi connectivity index (χ2n) is 3.11. The number of aliphatic hydroxyl groups is 1. The SMILES string of the molecule is CCN(CCO)c1cc(NN)nc(C)n1. The number of aliphatic hydroxyl groups excluding tert-OH is 1. The lowest BCUT2D eigenvalue weighted by molar-refractivity contribution is 0.302. The highest BCUT2D eigenvalue weighted by atomic mass is 16.3. The van der Waals surface area contributed by atoms with E-state index in [0.29, 0.717) is 18.2 Å². The molecule has 0 unspecified atom stereocenters. The van der Waals surface area contributed by atoms with Crippen LogP contribution in [0.2, 0.25) is 0 Å². The van der Waals surface area contributed by atoms with Crippen LogP contribution in [0.1, 0.15) is 12.7 Å². The molecule has 0 aliphatic rings. The molecule has 1 heterocycles. The fourth-order valence-corrected chi connectivity index (χ4v) is 1.34. The molecule has 1 aromatic rings. The van der Waals surface area contributed by atoms with Crippen LogP contribution in [0.15, 0.2) is 6.07 Å². The van der Waals surface area contributed by atoms with Gasteiger partial charge < -0.3 is 15.4 Å². The molecular formula is C9H17N5O. The molecule has 0 amide bonds. The van der Waals surface area contributed by atoms with Crippen LogP contribution in [0.25, 0.3) is 0 Å². The van der Waals surface area contributed by atoms with Gasteiger partial charge in [0, 0.05) is 19.2 Å². The number of hydrogen-bond donors (Lipinski definition) is 3. The molecule has 0 fully saturated rings. The topological polar surface area (TPSA) is 87.3 Å². The Balaban J connectivity index is 2.95. The number of nitrogens with zero attached hydrogens (tertiary/aromatic N) is 3. The van der Waals surface area contributed by atoms with Gasteiger partial charge >= 0.3 is 0 Å². The van der Waals surface area contributed by atoms with Crippen LogP contribution < -0.4 is 16.2 Å². The average Bonchev–Trinajstić information content (AvgIpc) is 2.24. The van der Waals surface area contributed by atoms with Crippen molar-refractivity contribution >= 4 is 11.6 Å². The lowest BCUT2D eigenvalue weighted by Gasteiger charge is -2.21. The van der Waals surface area contributed by atoms with E-state index in [2.05, 4.69) is 15.4 Å². The summed E-state index contributed by atoms with van der Waals surface area (Å²) in [5, 5.41) is 8.90. The van der Waals surface area contributed by atoms with Crippen molar-refractivity contribution in [3.05, 3.63) is 11.9 Å². The molecule has 1 aromatic heterocycles. The number of hydrazine groups is 1. The minimum absolute atomic E-state index is 0.0995. The maximum atomic E-state index is 8.90. The number of hydrogen-bond acceptors (Lipinski definition) is 6. The van der Waals surface area contributed by atoms with Crippen molar-refractivity contribution in [3.8, 4) is 0 Å². The summed E-state index contributed by atoms with van der Waals surface area (Å²) in [6, 6.07) is 1.76. The number of likely N-dealkylation sites (N-methyl/N-ethyl adjacent to an activating group) is 1. The minimum Gasteiger partial charge on any atom is -0.395 e. The van der Waals surface area contributed by atoms with Crippen molar-refractivity contribution in [2.24, 2.45) is 5.84 Å². The van der Waals surface area contributed by atoms with E-state index in [1.165, 1.54) is 0 Å². The molecule has 0 bridgehead atoms. The molecular weight excluding hydrogens is 194 g/mol. The molecule has 0 radical (unpaired) electrons. The highest BCUT2D eigenvalue weighted by Gasteiger charge is 2.07. The maximum Gasteiger partial charge on any atom is 0.145 e. The zero-order chi connectivity index (χ0) is 11.3.